The molecule has 0 spiro atoms. The van der Waals surface area contributed by atoms with Gasteiger partial charge in [-0.2, -0.15) is 5.26 Å². The topological polar surface area (TPSA) is 143 Å². The molecule has 1 aromatic heterocycles. The highest BCUT2D eigenvalue weighted by Gasteiger charge is 2.29. The number of methoxy groups -OCH3 is 1. The van der Waals surface area contributed by atoms with Crippen molar-refractivity contribution in [2.24, 2.45) is 5.92 Å². The average Bonchev–Trinajstić information content (AvgIpc) is 2.72. The highest BCUT2D eigenvalue weighted by Crippen LogP contribution is 2.21. The molecule has 2 aromatic rings. The summed E-state index contributed by atoms with van der Waals surface area (Å²) in [5, 5.41) is 9.04. The normalized spacial score (nSPS) is 11.7. The fourth-order valence-corrected chi connectivity index (χ4v) is 3.01. The molecule has 0 aliphatic rings. The number of rotatable bonds is 9. The van der Waals surface area contributed by atoms with Crippen molar-refractivity contribution in [2.75, 3.05) is 30.9 Å². The highest BCUT2D eigenvalue weighted by molar-refractivity contribution is 5.98. The molecule has 0 saturated heterocycles. The van der Waals surface area contributed by atoms with Crippen LogP contribution in [0.15, 0.2) is 33.9 Å². The van der Waals surface area contributed by atoms with E-state index < -0.39 is 23.3 Å². The summed E-state index contributed by atoms with van der Waals surface area (Å²) in [5.41, 5.74) is 5.00. The van der Waals surface area contributed by atoms with Gasteiger partial charge >= 0.3 is 5.69 Å². The molecule has 1 atom stereocenters. The molecule has 166 valence electrons. The van der Waals surface area contributed by atoms with Crippen LogP contribution < -0.4 is 26.6 Å². The molecule has 0 bridgehead atoms. The molecular weight excluding hydrogens is 402 g/mol. The first-order valence-corrected chi connectivity index (χ1v) is 9.79. The number of anilines is 2. The van der Waals surface area contributed by atoms with Crippen molar-refractivity contribution in [3.05, 3.63) is 50.7 Å². The van der Waals surface area contributed by atoms with Crippen molar-refractivity contribution in [3.8, 4) is 11.8 Å². The maximum atomic E-state index is 13.2. The van der Waals surface area contributed by atoms with E-state index in [1.54, 1.807) is 18.2 Å². The molecule has 10 heteroatoms. The Bertz CT molecular complexity index is 1080. The van der Waals surface area contributed by atoms with Crippen LogP contribution in [0.5, 0.6) is 5.75 Å². The molecule has 3 N–H and O–H groups in total. The molecule has 0 aliphatic heterocycles. The number of nitrogen functional groups attached to an aromatic ring is 1. The first-order chi connectivity index (χ1) is 14.7. The van der Waals surface area contributed by atoms with E-state index in [0.29, 0.717) is 11.3 Å². The maximum absolute atomic E-state index is 13.2. The molecule has 1 unspecified atom stereocenters. The monoisotopic (exact) mass is 429 g/mol. The van der Waals surface area contributed by atoms with E-state index in [1.165, 1.54) is 24.7 Å². The molecule has 1 aromatic carbocycles. The first kappa shape index (κ1) is 23.7. The Kier molecular flexibility index (Phi) is 7.99. The number of carbonyl (C=O) groups excluding carboxylic acids is 1. The molecule has 0 saturated carbocycles. The number of nitriles is 1. The van der Waals surface area contributed by atoms with E-state index in [9.17, 15) is 14.4 Å². The number of hydrogen-bond acceptors (Lipinski definition) is 7. The van der Waals surface area contributed by atoms with Gasteiger partial charge in [0.15, 0.2) is 11.8 Å². The van der Waals surface area contributed by atoms with Gasteiger partial charge in [0.1, 0.15) is 11.6 Å². The van der Waals surface area contributed by atoms with Crippen molar-refractivity contribution in [1.82, 2.24) is 9.55 Å². The number of nitrogens with one attached hydrogen (secondary N) is 1. The van der Waals surface area contributed by atoms with Crippen LogP contribution in [0.3, 0.4) is 0 Å². The second kappa shape index (κ2) is 10.4. The zero-order chi connectivity index (χ0) is 23.1. The number of carbonyl (C=O) groups is 1. The average molecular weight is 429 g/mol. The van der Waals surface area contributed by atoms with Gasteiger partial charge in [-0.15, -0.1) is 0 Å². The van der Waals surface area contributed by atoms with E-state index >= 15 is 0 Å². The number of H-pyrrole nitrogens is 1. The number of nitrogens with zero attached hydrogens (tertiary/aromatic N) is 3. The van der Waals surface area contributed by atoms with Crippen LogP contribution >= 0.6 is 0 Å². The van der Waals surface area contributed by atoms with Crippen LogP contribution in [0.4, 0.5) is 11.5 Å². The minimum absolute atomic E-state index is 0.0223. The number of aromatic nitrogens is 2. The predicted octanol–water partition coefficient (Wildman–Crippen LogP) is 1.09. The van der Waals surface area contributed by atoms with Crippen LogP contribution in [0.2, 0.25) is 0 Å². The fourth-order valence-electron chi connectivity index (χ4n) is 3.01. The summed E-state index contributed by atoms with van der Waals surface area (Å²) in [4.78, 5) is 41.5. The largest absolute Gasteiger partial charge is 0.481 e. The van der Waals surface area contributed by atoms with Crippen molar-refractivity contribution in [3.63, 3.8) is 0 Å². The Morgan fingerprint density at radius 1 is 1.32 bits per heavy atom. The van der Waals surface area contributed by atoms with Gasteiger partial charge in [0.2, 0.25) is 0 Å². The third kappa shape index (κ3) is 5.73. The zero-order valence-corrected chi connectivity index (χ0v) is 18.0. The van der Waals surface area contributed by atoms with Gasteiger partial charge in [0, 0.05) is 20.2 Å². The van der Waals surface area contributed by atoms with Gasteiger partial charge in [-0.1, -0.05) is 19.9 Å². The number of nitrogens with two attached hydrogens (primary N) is 1. The maximum Gasteiger partial charge on any atom is 0.330 e. The Labute approximate surface area is 179 Å². The molecule has 1 amide bonds. The molecule has 2 rings (SSSR count). The van der Waals surface area contributed by atoms with Crippen molar-refractivity contribution < 1.29 is 14.3 Å². The lowest BCUT2D eigenvalue weighted by atomic mass is 10.2. The Hall–Kier alpha value is -3.58. The molecule has 0 radical (unpaired) electrons. The third-order valence-electron chi connectivity index (χ3n) is 4.44. The molecule has 31 heavy (non-hydrogen) atoms. The van der Waals surface area contributed by atoms with Crippen molar-refractivity contribution >= 4 is 17.4 Å². The van der Waals surface area contributed by atoms with Crippen LogP contribution in [-0.2, 0) is 16.1 Å². The van der Waals surface area contributed by atoms with Gasteiger partial charge in [0.25, 0.3) is 11.5 Å². The van der Waals surface area contributed by atoms with Gasteiger partial charge in [-0.3, -0.25) is 24.0 Å². The molecular formula is C21H27N5O5. The summed E-state index contributed by atoms with van der Waals surface area (Å²) < 4.78 is 12.0. The summed E-state index contributed by atoms with van der Waals surface area (Å²) in [7, 11) is 1.46. The molecule has 1 heterocycles. The Balaban J connectivity index is 2.45. The summed E-state index contributed by atoms with van der Waals surface area (Å²) in [6.45, 7) is 5.74. The number of ether oxygens (including phenoxy) is 2. The quantitative estimate of drug-likeness (QED) is 0.607. The summed E-state index contributed by atoms with van der Waals surface area (Å²) in [6.07, 6.45) is -1.00. The minimum Gasteiger partial charge on any atom is -0.481 e. The fraction of sp³-hybridized carbons (Fsp3) is 0.429. The molecule has 10 nitrogen and oxygen atoms in total. The van der Waals surface area contributed by atoms with Crippen LogP contribution in [0, 0.1) is 17.2 Å². The van der Waals surface area contributed by atoms with Gasteiger partial charge < -0.3 is 15.2 Å². The Morgan fingerprint density at radius 3 is 2.65 bits per heavy atom. The van der Waals surface area contributed by atoms with E-state index in [4.69, 9.17) is 20.5 Å². The van der Waals surface area contributed by atoms with Gasteiger partial charge in [-0.25, -0.2) is 4.79 Å². The van der Waals surface area contributed by atoms with Crippen molar-refractivity contribution in [1.29, 1.82) is 5.26 Å². The standard InChI is InChI=1S/C21H27N5O5/c1-13(2)12-26-18(23)17(19(27)24-21(26)29)25(8-9-30-4)20(28)14(3)31-16-7-5-6-15(10-16)11-22/h5-7,10,13-14H,8-9,12,23H2,1-4H3,(H,24,27,29). The van der Waals surface area contributed by atoms with Crippen LogP contribution in [0.1, 0.15) is 26.3 Å². The van der Waals surface area contributed by atoms with E-state index in [2.05, 4.69) is 4.98 Å². The van der Waals surface area contributed by atoms with E-state index in [1.807, 2.05) is 19.9 Å². The van der Waals surface area contributed by atoms with Crippen LogP contribution in [0.25, 0.3) is 0 Å². The zero-order valence-electron chi connectivity index (χ0n) is 18.0. The molecule has 0 fully saturated rings. The number of hydrogen-bond donors (Lipinski definition) is 2. The lowest BCUT2D eigenvalue weighted by molar-refractivity contribution is -0.124. The van der Waals surface area contributed by atoms with E-state index in [0.717, 1.165) is 4.90 Å². The molecule has 0 aliphatic carbocycles. The van der Waals surface area contributed by atoms with Crippen LogP contribution in [-0.4, -0.2) is 41.8 Å². The highest BCUT2D eigenvalue weighted by atomic mass is 16.5. The Morgan fingerprint density at radius 2 is 2.03 bits per heavy atom. The smallest absolute Gasteiger partial charge is 0.330 e. The lowest BCUT2D eigenvalue weighted by Crippen LogP contribution is -2.47. The van der Waals surface area contributed by atoms with Gasteiger partial charge in [0.05, 0.1) is 18.2 Å². The number of amides is 1. The first-order valence-electron chi connectivity index (χ1n) is 9.79. The minimum atomic E-state index is -1.00. The lowest BCUT2D eigenvalue weighted by Gasteiger charge is -2.27. The summed E-state index contributed by atoms with van der Waals surface area (Å²) in [5.74, 6) is -0.244. The second-order valence-electron chi connectivity index (χ2n) is 7.38. The van der Waals surface area contributed by atoms with Gasteiger partial charge in [-0.05, 0) is 31.0 Å². The second-order valence-corrected chi connectivity index (χ2v) is 7.38. The van der Waals surface area contributed by atoms with E-state index in [-0.39, 0.29) is 37.1 Å². The summed E-state index contributed by atoms with van der Waals surface area (Å²) >= 11 is 0. The summed E-state index contributed by atoms with van der Waals surface area (Å²) in [6, 6.07) is 8.38. The number of aromatic amines is 1. The van der Waals surface area contributed by atoms with Crippen molar-refractivity contribution in [2.45, 2.75) is 33.4 Å². The number of benzene rings is 1. The SMILES string of the molecule is COCCN(C(=O)C(C)Oc1cccc(C#N)c1)c1c(N)n(CC(C)C)c(=O)[nH]c1=O. The predicted molar refractivity (Wildman–Crippen MR) is 116 cm³/mol. The third-order valence-corrected chi connectivity index (χ3v) is 4.44.